The molecule has 0 aromatic heterocycles. The molecule has 17 heteroatoms. The first-order chi connectivity index (χ1) is 15.1. The van der Waals surface area contributed by atoms with Crippen LogP contribution in [0.4, 0.5) is 4.79 Å². The van der Waals surface area contributed by atoms with E-state index in [1.807, 2.05) is 0 Å². The Hall–Kier alpha value is -1.76. The fourth-order valence-corrected chi connectivity index (χ4v) is 5.77. The van der Waals surface area contributed by atoms with Crippen LogP contribution in [0.3, 0.4) is 0 Å². The zero-order valence-corrected chi connectivity index (χ0v) is 21.2. The number of nitrogens with one attached hydrogen (secondary N) is 1. The molecule has 0 aliphatic heterocycles. The lowest BCUT2D eigenvalue weighted by molar-refractivity contribution is -0.140. The van der Waals surface area contributed by atoms with Gasteiger partial charge in [-0.1, -0.05) is 13.8 Å². The van der Waals surface area contributed by atoms with Crippen LogP contribution in [0.25, 0.3) is 0 Å². The van der Waals surface area contributed by atoms with Crippen molar-refractivity contribution in [3.8, 4) is 0 Å². The minimum Gasteiger partial charge on any atom is -0.478 e. The summed E-state index contributed by atoms with van der Waals surface area (Å²) in [7, 11) is -11.0. The van der Waals surface area contributed by atoms with Gasteiger partial charge >= 0.3 is 28.4 Å². The van der Waals surface area contributed by atoms with Gasteiger partial charge in [0.15, 0.2) is 0 Å². The number of carboxylic acid groups (broad SMARTS) is 1. The number of aliphatic carboxylic acids is 1. The zero-order chi connectivity index (χ0) is 25.8. The Kier molecular flexibility index (Phi) is 13.7. The van der Waals surface area contributed by atoms with Crippen molar-refractivity contribution < 1.29 is 59.9 Å². The van der Waals surface area contributed by atoms with Gasteiger partial charge in [-0.2, -0.15) is 8.42 Å². The monoisotopic (exact) mass is 537 g/mol. The Morgan fingerprint density at radius 3 is 2.24 bits per heavy atom. The average Bonchev–Trinajstić information content (AvgIpc) is 2.63. The van der Waals surface area contributed by atoms with Crippen molar-refractivity contribution in [2.45, 2.75) is 52.3 Å². The summed E-state index contributed by atoms with van der Waals surface area (Å²) in [6, 6.07) is 0. The molecule has 14 nitrogen and oxygen atoms in total. The maximum atomic E-state index is 12.5. The summed E-state index contributed by atoms with van der Waals surface area (Å²) >= 11 is 0. The van der Waals surface area contributed by atoms with E-state index in [2.05, 4.69) is 14.4 Å². The number of ether oxygens (including phenoxy) is 2. The maximum Gasteiger partial charge on any atom is 0.742 e. The van der Waals surface area contributed by atoms with Gasteiger partial charge in [-0.3, -0.25) is 8.98 Å². The molecule has 0 fully saturated rings. The summed E-state index contributed by atoms with van der Waals surface area (Å²) in [6.07, 6.45) is -2.92. The fourth-order valence-electron chi connectivity index (χ4n) is 2.66. The van der Waals surface area contributed by atoms with Gasteiger partial charge in [0.05, 0.1) is 30.5 Å². The maximum absolute atomic E-state index is 12.5. The summed E-state index contributed by atoms with van der Waals surface area (Å²) in [5, 5.41) is 12.0. The van der Waals surface area contributed by atoms with Crippen LogP contribution >= 0.6 is 16.3 Å². The van der Waals surface area contributed by atoms with Crippen LogP contribution in [0.2, 0.25) is 0 Å². The molecule has 0 aromatic rings. The lowest BCUT2D eigenvalue weighted by atomic mass is 9.81. The first kappa shape index (κ1) is 31.2. The molecule has 0 heterocycles. The molecule has 1 amide bonds. The van der Waals surface area contributed by atoms with Gasteiger partial charge in [-0.15, -0.1) is 4.89 Å². The molecule has 0 rings (SSSR count). The minimum absolute atomic E-state index is 0.0148. The van der Waals surface area contributed by atoms with Gasteiger partial charge in [0.1, 0.15) is 4.31 Å². The standard InChI is InChI=1S/C16H27NO13P2S/c1-5-27-15(21)28-9-7-12(29-33(25,26)10-6-8-17-11(2)18)16(3,4)13(14(19)20)31(22)30-32(23)24/h12-13H,5-10H2,1-4H3,(H-2,17,18,19,20,23,24)/p+2/t12?,13-/m0/s1. The molecule has 0 spiro atoms. The Morgan fingerprint density at radius 1 is 1.15 bits per heavy atom. The first-order valence-electron chi connectivity index (χ1n) is 9.62. The lowest BCUT2D eigenvalue weighted by Gasteiger charge is -2.32. The third kappa shape index (κ3) is 12.3. The van der Waals surface area contributed by atoms with Gasteiger partial charge in [0.2, 0.25) is 5.91 Å². The number of hydrogen-bond donors (Lipinski definition) is 3. The summed E-state index contributed by atoms with van der Waals surface area (Å²) < 4.78 is 66.9. The summed E-state index contributed by atoms with van der Waals surface area (Å²) in [4.78, 5) is 42.9. The SMILES string of the molecule is CCOC(=O)OCCC(OS(=O)(=O)CCCNC(C)=O)C(C)(C)[C@H](C(=O)O)[P+](=O)O[P+](=O)O. The third-order valence-electron chi connectivity index (χ3n) is 4.20. The van der Waals surface area contributed by atoms with E-state index >= 15 is 0 Å². The number of hydrogen-bond acceptors (Lipinski definition) is 11. The van der Waals surface area contributed by atoms with E-state index in [0.717, 1.165) is 0 Å². The van der Waals surface area contributed by atoms with Crippen molar-refractivity contribution in [1.82, 2.24) is 5.32 Å². The number of rotatable bonds is 16. The molecule has 33 heavy (non-hydrogen) atoms. The summed E-state index contributed by atoms with van der Waals surface area (Å²) in [6.45, 7) is 4.84. The summed E-state index contributed by atoms with van der Waals surface area (Å²) in [5.74, 6) is -2.60. The largest absolute Gasteiger partial charge is 0.742 e. The van der Waals surface area contributed by atoms with Crippen molar-refractivity contribution in [3.05, 3.63) is 0 Å². The van der Waals surface area contributed by atoms with Crippen molar-refractivity contribution in [2.75, 3.05) is 25.5 Å². The van der Waals surface area contributed by atoms with Crippen molar-refractivity contribution in [2.24, 2.45) is 5.41 Å². The molecule has 0 radical (unpaired) electrons. The van der Waals surface area contributed by atoms with Gasteiger partial charge in [0, 0.05) is 24.5 Å². The highest BCUT2D eigenvalue weighted by Crippen LogP contribution is 2.49. The van der Waals surface area contributed by atoms with E-state index in [-0.39, 0.29) is 31.9 Å². The highest BCUT2D eigenvalue weighted by atomic mass is 32.2. The van der Waals surface area contributed by atoms with E-state index in [1.54, 1.807) is 0 Å². The Bertz CT molecular complexity index is 830. The molecule has 190 valence electrons. The van der Waals surface area contributed by atoms with Crippen LogP contribution in [0.1, 0.15) is 40.5 Å². The number of carboxylic acids is 1. The highest BCUT2D eigenvalue weighted by Gasteiger charge is 2.60. The van der Waals surface area contributed by atoms with Gasteiger partial charge in [-0.05, 0) is 17.9 Å². The topological polar surface area (TPSA) is 209 Å². The quantitative estimate of drug-likeness (QED) is 0.111. The predicted octanol–water partition coefficient (Wildman–Crippen LogP) is 1.68. The van der Waals surface area contributed by atoms with Crippen LogP contribution in [-0.4, -0.2) is 73.7 Å². The molecular formula is C16H29NO13P2S+2. The molecule has 0 aromatic carbocycles. The van der Waals surface area contributed by atoms with Crippen molar-refractivity contribution in [3.63, 3.8) is 0 Å². The van der Waals surface area contributed by atoms with Gasteiger partial charge < -0.3 is 19.9 Å². The van der Waals surface area contributed by atoms with E-state index in [1.165, 1.54) is 27.7 Å². The predicted molar refractivity (Wildman–Crippen MR) is 113 cm³/mol. The van der Waals surface area contributed by atoms with E-state index in [4.69, 9.17) is 13.8 Å². The second kappa shape index (κ2) is 14.5. The van der Waals surface area contributed by atoms with E-state index in [9.17, 15) is 37.0 Å². The summed E-state index contributed by atoms with van der Waals surface area (Å²) in [5.41, 5.74) is -3.71. The third-order valence-corrected chi connectivity index (χ3v) is 8.02. The smallest absolute Gasteiger partial charge is 0.478 e. The lowest BCUT2D eigenvalue weighted by Crippen LogP contribution is -2.46. The van der Waals surface area contributed by atoms with Crippen LogP contribution in [0.15, 0.2) is 0 Å². The second-order valence-electron chi connectivity index (χ2n) is 7.17. The molecule has 4 atom stereocenters. The minimum atomic E-state index is -4.29. The molecular weight excluding hydrogens is 508 g/mol. The van der Waals surface area contributed by atoms with Gasteiger partial charge in [0.25, 0.3) is 15.8 Å². The molecule has 0 saturated carbocycles. The zero-order valence-electron chi connectivity index (χ0n) is 18.6. The molecule has 0 saturated heterocycles. The average molecular weight is 537 g/mol. The molecule has 3 N–H and O–H groups in total. The van der Waals surface area contributed by atoms with E-state index in [0.29, 0.717) is 0 Å². The van der Waals surface area contributed by atoms with Crippen LogP contribution < -0.4 is 5.32 Å². The normalized spacial score (nSPS) is 14.6. The van der Waals surface area contributed by atoms with Crippen molar-refractivity contribution >= 4 is 44.4 Å². The highest BCUT2D eigenvalue weighted by molar-refractivity contribution is 7.86. The molecule has 0 bridgehead atoms. The van der Waals surface area contributed by atoms with Crippen LogP contribution in [-0.2, 0) is 46.8 Å². The Morgan fingerprint density at radius 2 is 1.76 bits per heavy atom. The number of carbonyl (C=O) groups excluding carboxylic acids is 2. The first-order valence-corrected chi connectivity index (χ1v) is 13.6. The second-order valence-corrected chi connectivity index (χ2v) is 11.1. The molecule has 3 unspecified atom stereocenters. The fraction of sp³-hybridized carbons (Fsp3) is 0.812. The number of carbonyl (C=O) groups is 3. The van der Waals surface area contributed by atoms with Crippen LogP contribution in [0, 0.1) is 5.41 Å². The van der Waals surface area contributed by atoms with Crippen molar-refractivity contribution in [1.29, 1.82) is 0 Å². The van der Waals surface area contributed by atoms with Gasteiger partial charge in [-0.25, -0.2) is 9.59 Å². The molecule has 0 aliphatic carbocycles. The Labute approximate surface area is 193 Å². The van der Waals surface area contributed by atoms with E-state index < -0.39 is 68.1 Å². The van der Waals surface area contributed by atoms with Crippen LogP contribution in [0.5, 0.6) is 0 Å². The Balaban J connectivity index is 5.73. The molecule has 0 aliphatic rings. The number of amides is 1.